The maximum absolute atomic E-state index is 12.3. The van der Waals surface area contributed by atoms with Gasteiger partial charge >= 0.3 is 13.1 Å². The van der Waals surface area contributed by atoms with E-state index in [4.69, 9.17) is 10.4 Å². The van der Waals surface area contributed by atoms with Crippen LogP contribution in [0.25, 0.3) is 0 Å². The molecule has 10 heteroatoms. The van der Waals surface area contributed by atoms with Gasteiger partial charge < -0.3 is 31.2 Å². The van der Waals surface area contributed by atoms with Gasteiger partial charge in [-0.1, -0.05) is 18.2 Å². The summed E-state index contributed by atoms with van der Waals surface area (Å²) in [7, 11) is -1.34. The molecule has 146 valence electrons. The van der Waals surface area contributed by atoms with Gasteiger partial charge in [0, 0.05) is 19.3 Å². The standard InChI is InChI=1S/C18H21BN4O5/c20-6-7-21-15-5-4-11(10-22-15)8-16(24)23-14-9-12-2-1-3-13(18(25)26)17(12)28-19(14)27/h1-5,10,14,27H,6-9,20H2,(H,21,22)(H,23,24)(H,25,26)/t14-/m0/s1. The zero-order valence-electron chi connectivity index (χ0n) is 15.1. The summed E-state index contributed by atoms with van der Waals surface area (Å²) >= 11 is 0. The van der Waals surface area contributed by atoms with E-state index in [0.29, 0.717) is 24.5 Å². The number of aromatic nitrogens is 1. The number of para-hydroxylation sites is 1. The maximum Gasteiger partial charge on any atom is 0.547 e. The molecular weight excluding hydrogens is 363 g/mol. The van der Waals surface area contributed by atoms with E-state index in [1.807, 2.05) is 0 Å². The summed E-state index contributed by atoms with van der Waals surface area (Å²) in [5.41, 5.74) is 6.74. The lowest BCUT2D eigenvalue weighted by molar-refractivity contribution is -0.120. The Hall–Kier alpha value is -3.11. The van der Waals surface area contributed by atoms with E-state index in [1.165, 1.54) is 6.07 Å². The molecule has 2 heterocycles. The van der Waals surface area contributed by atoms with Crippen molar-refractivity contribution in [3.8, 4) is 5.75 Å². The fourth-order valence-electron chi connectivity index (χ4n) is 2.99. The third-order valence-corrected chi connectivity index (χ3v) is 4.34. The van der Waals surface area contributed by atoms with Gasteiger partial charge in [-0.2, -0.15) is 0 Å². The van der Waals surface area contributed by atoms with E-state index in [9.17, 15) is 19.7 Å². The van der Waals surface area contributed by atoms with Crippen LogP contribution in [0.5, 0.6) is 5.75 Å². The number of pyridine rings is 1. The Balaban J connectivity index is 1.61. The largest absolute Gasteiger partial charge is 0.547 e. The van der Waals surface area contributed by atoms with Crippen molar-refractivity contribution in [1.29, 1.82) is 0 Å². The molecule has 0 fully saturated rings. The SMILES string of the molecule is NCCNc1ccc(CC(=O)N[C@H]2Cc3cccc(C(=O)O)c3OB2O)cn1. The molecule has 1 aliphatic heterocycles. The molecule has 1 amide bonds. The second kappa shape index (κ2) is 8.72. The fraction of sp³-hybridized carbons (Fsp3) is 0.278. The van der Waals surface area contributed by atoms with Crippen LogP contribution >= 0.6 is 0 Å². The average Bonchev–Trinajstić information content (AvgIpc) is 2.67. The Kier molecular flexibility index (Phi) is 6.12. The highest BCUT2D eigenvalue weighted by Crippen LogP contribution is 2.30. The van der Waals surface area contributed by atoms with E-state index < -0.39 is 19.0 Å². The number of rotatable bonds is 7. The third kappa shape index (κ3) is 4.59. The van der Waals surface area contributed by atoms with Crippen LogP contribution in [-0.4, -0.2) is 53.1 Å². The van der Waals surface area contributed by atoms with Gasteiger partial charge in [-0.15, -0.1) is 0 Å². The van der Waals surface area contributed by atoms with Crippen molar-refractivity contribution in [2.24, 2.45) is 5.73 Å². The summed E-state index contributed by atoms with van der Waals surface area (Å²) in [6.07, 6.45) is 1.96. The van der Waals surface area contributed by atoms with E-state index in [2.05, 4.69) is 15.6 Å². The number of nitrogens with zero attached hydrogens (tertiary/aromatic N) is 1. The van der Waals surface area contributed by atoms with Crippen molar-refractivity contribution >= 4 is 24.8 Å². The number of carbonyl (C=O) groups excluding carboxylic acids is 1. The van der Waals surface area contributed by atoms with Gasteiger partial charge in [0.2, 0.25) is 5.91 Å². The molecule has 6 N–H and O–H groups in total. The number of fused-ring (bicyclic) bond motifs is 1. The summed E-state index contributed by atoms with van der Waals surface area (Å²) < 4.78 is 5.37. The van der Waals surface area contributed by atoms with Gasteiger partial charge in [-0.05, 0) is 29.7 Å². The number of hydrogen-bond donors (Lipinski definition) is 5. The van der Waals surface area contributed by atoms with Crippen molar-refractivity contribution in [2.45, 2.75) is 18.8 Å². The summed E-state index contributed by atoms with van der Waals surface area (Å²) in [5.74, 6) is -1.30. The van der Waals surface area contributed by atoms with Crippen molar-refractivity contribution in [2.75, 3.05) is 18.4 Å². The van der Waals surface area contributed by atoms with Gasteiger partial charge in [0.25, 0.3) is 0 Å². The molecule has 9 nitrogen and oxygen atoms in total. The number of carboxylic acids is 1. The van der Waals surface area contributed by atoms with Crippen LogP contribution in [0.1, 0.15) is 21.5 Å². The van der Waals surface area contributed by atoms with Crippen LogP contribution in [0.4, 0.5) is 5.82 Å². The molecule has 0 spiro atoms. The number of hydrogen-bond acceptors (Lipinski definition) is 7. The Morgan fingerprint density at radius 2 is 2.14 bits per heavy atom. The topological polar surface area (TPSA) is 147 Å². The number of carboxylic acid groups (broad SMARTS) is 1. The first-order valence-corrected chi connectivity index (χ1v) is 8.86. The highest BCUT2D eigenvalue weighted by molar-refractivity contribution is 6.47. The highest BCUT2D eigenvalue weighted by Gasteiger charge is 2.37. The number of nitrogens with one attached hydrogen (secondary N) is 2. The summed E-state index contributed by atoms with van der Waals surface area (Å²) in [6.45, 7) is 1.10. The molecule has 1 aromatic heterocycles. The minimum Gasteiger partial charge on any atom is -0.534 e. The van der Waals surface area contributed by atoms with Crippen LogP contribution in [0.2, 0.25) is 0 Å². The Morgan fingerprint density at radius 3 is 2.82 bits per heavy atom. The van der Waals surface area contributed by atoms with Gasteiger partial charge in [0.1, 0.15) is 11.6 Å². The Bertz CT molecular complexity index is 862. The average molecular weight is 384 g/mol. The number of amides is 1. The highest BCUT2D eigenvalue weighted by atomic mass is 16.5. The second-order valence-electron chi connectivity index (χ2n) is 6.43. The zero-order valence-corrected chi connectivity index (χ0v) is 15.1. The molecular formula is C18H21BN4O5. The number of benzene rings is 1. The van der Waals surface area contributed by atoms with E-state index in [-0.39, 0.29) is 30.1 Å². The minimum atomic E-state index is -1.34. The van der Waals surface area contributed by atoms with Crippen LogP contribution in [0, 0.1) is 0 Å². The number of nitrogens with two attached hydrogens (primary N) is 1. The summed E-state index contributed by atoms with van der Waals surface area (Å²) in [5, 5.41) is 25.2. The summed E-state index contributed by atoms with van der Waals surface area (Å²) in [4.78, 5) is 27.8. The van der Waals surface area contributed by atoms with E-state index in [0.717, 1.165) is 5.56 Å². The van der Waals surface area contributed by atoms with Crippen molar-refractivity contribution in [3.05, 3.63) is 53.2 Å². The minimum absolute atomic E-state index is 0.0178. The first-order chi connectivity index (χ1) is 13.5. The summed E-state index contributed by atoms with van der Waals surface area (Å²) in [6, 6.07) is 8.28. The molecule has 3 rings (SSSR count). The lowest BCUT2D eigenvalue weighted by atomic mass is 9.72. The van der Waals surface area contributed by atoms with Crippen molar-refractivity contribution < 1.29 is 24.4 Å². The molecule has 0 saturated carbocycles. The molecule has 1 aliphatic rings. The molecule has 0 aliphatic carbocycles. The third-order valence-electron chi connectivity index (χ3n) is 4.34. The lowest BCUT2D eigenvalue weighted by Crippen LogP contribution is -2.53. The van der Waals surface area contributed by atoms with Gasteiger partial charge in [-0.25, -0.2) is 9.78 Å². The first kappa shape index (κ1) is 19.7. The van der Waals surface area contributed by atoms with Crippen LogP contribution in [0.3, 0.4) is 0 Å². The predicted octanol–water partition coefficient (Wildman–Crippen LogP) is -0.167. The van der Waals surface area contributed by atoms with Crippen LogP contribution < -0.4 is 21.0 Å². The van der Waals surface area contributed by atoms with E-state index in [1.54, 1.807) is 30.5 Å². The number of carbonyl (C=O) groups is 2. The second-order valence-corrected chi connectivity index (χ2v) is 6.43. The van der Waals surface area contributed by atoms with E-state index >= 15 is 0 Å². The van der Waals surface area contributed by atoms with Crippen LogP contribution in [0.15, 0.2) is 36.5 Å². The molecule has 28 heavy (non-hydrogen) atoms. The first-order valence-electron chi connectivity index (χ1n) is 8.86. The fourth-order valence-corrected chi connectivity index (χ4v) is 2.99. The molecule has 0 radical (unpaired) electrons. The number of anilines is 1. The molecule has 0 unspecified atom stereocenters. The zero-order chi connectivity index (χ0) is 20.1. The number of aromatic carboxylic acids is 1. The molecule has 1 aromatic carbocycles. The maximum atomic E-state index is 12.3. The lowest BCUT2D eigenvalue weighted by Gasteiger charge is -2.28. The monoisotopic (exact) mass is 384 g/mol. The molecule has 0 bridgehead atoms. The van der Waals surface area contributed by atoms with Gasteiger partial charge in [0.05, 0.1) is 17.9 Å². The normalized spacial score (nSPS) is 15.4. The van der Waals surface area contributed by atoms with Gasteiger partial charge in [0.15, 0.2) is 0 Å². The molecule has 0 saturated heterocycles. The molecule has 1 atom stereocenters. The quantitative estimate of drug-likeness (QED) is 0.414. The van der Waals surface area contributed by atoms with Crippen molar-refractivity contribution in [1.82, 2.24) is 10.3 Å². The Morgan fingerprint density at radius 1 is 1.32 bits per heavy atom. The smallest absolute Gasteiger partial charge is 0.534 e. The van der Waals surface area contributed by atoms with Crippen LogP contribution in [-0.2, 0) is 17.6 Å². The predicted molar refractivity (Wildman–Crippen MR) is 103 cm³/mol. The van der Waals surface area contributed by atoms with Crippen molar-refractivity contribution in [3.63, 3.8) is 0 Å². The molecule has 2 aromatic rings. The van der Waals surface area contributed by atoms with Gasteiger partial charge in [-0.3, -0.25) is 4.79 Å². The Labute approximate surface area is 162 Å².